The van der Waals surface area contributed by atoms with Crippen LogP contribution in [-0.2, 0) is 5.41 Å². The third-order valence-corrected chi connectivity index (χ3v) is 15.8. The van der Waals surface area contributed by atoms with Gasteiger partial charge in [0.25, 0.3) is 0 Å². The van der Waals surface area contributed by atoms with Crippen molar-refractivity contribution in [3.05, 3.63) is 259 Å². The second-order valence-corrected chi connectivity index (χ2v) is 18.9. The summed E-state index contributed by atoms with van der Waals surface area (Å²) in [4.78, 5) is 2.40. The average molecular weight is 850 g/mol. The van der Waals surface area contributed by atoms with Gasteiger partial charge in [0, 0.05) is 57.4 Å². The largest absolute Gasteiger partial charge is 0.311 e. The van der Waals surface area contributed by atoms with Gasteiger partial charge in [0.05, 0.1) is 5.41 Å². The molecule has 10 aromatic carbocycles. The Labute approximate surface area is 380 Å². The van der Waals surface area contributed by atoms with Crippen molar-refractivity contribution in [3.8, 4) is 33.4 Å². The lowest BCUT2D eigenvalue weighted by molar-refractivity contribution is 0.768. The van der Waals surface area contributed by atoms with E-state index in [0.29, 0.717) is 0 Å². The van der Waals surface area contributed by atoms with E-state index in [1.54, 1.807) is 0 Å². The number of rotatable bonds is 7. The first-order valence-electron chi connectivity index (χ1n) is 21.9. The Kier molecular flexibility index (Phi) is 8.55. The van der Waals surface area contributed by atoms with E-state index in [9.17, 15) is 0 Å². The molecule has 12 aromatic rings. The van der Waals surface area contributed by atoms with E-state index in [-0.39, 0.29) is 0 Å². The summed E-state index contributed by atoms with van der Waals surface area (Å²) in [6, 6.07) is 87.7. The zero-order chi connectivity index (χ0) is 42.2. The summed E-state index contributed by atoms with van der Waals surface area (Å²) in [5, 5.41) is 5.27. The molecule has 13 rings (SSSR count). The molecule has 0 atom stereocenters. The van der Waals surface area contributed by atoms with Crippen LogP contribution in [0.3, 0.4) is 0 Å². The van der Waals surface area contributed by atoms with Crippen molar-refractivity contribution >= 4 is 80.1 Å². The Hall–Kier alpha value is -7.56. The van der Waals surface area contributed by atoms with Crippen molar-refractivity contribution in [1.82, 2.24) is 0 Å². The van der Waals surface area contributed by atoms with E-state index >= 15 is 0 Å². The fourth-order valence-corrected chi connectivity index (χ4v) is 12.8. The maximum atomic E-state index is 2.40. The summed E-state index contributed by atoms with van der Waals surface area (Å²) in [7, 11) is 0. The van der Waals surface area contributed by atoms with Crippen molar-refractivity contribution < 1.29 is 0 Å². The Morgan fingerprint density at radius 3 is 1.44 bits per heavy atom. The number of hydrogen-bond donors (Lipinski definition) is 0. The van der Waals surface area contributed by atoms with Gasteiger partial charge < -0.3 is 4.90 Å². The van der Waals surface area contributed by atoms with Crippen molar-refractivity contribution in [3.63, 3.8) is 0 Å². The molecule has 0 fully saturated rings. The van der Waals surface area contributed by atoms with Gasteiger partial charge in [-0.15, -0.1) is 22.7 Å². The second kappa shape index (κ2) is 14.8. The second-order valence-electron chi connectivity index (χ2n) is 16.8. The van der Waals surface area contributed by atoms with Crippen LogP contribution < -0.4 is 4.90 Å². The Balaban J connectivity index is 0.939. The average Bonchev–Trinajstić information content (AvgIpc) is 4.04. The van der Waals surface area contributed by atoms with Crippen molar-refractivity contribution in [2.24, 2.45) is 0 Å². The first kappa shape index (κ1) is 37.0. The van der Waals surface area contributed by atoms with Gasteiger partial charge in [0.1, 0.15) is 0 Å². The molecule has 2 heterocycles. The Morgan fingerprint density at radius 1 is 0.297 bits per heavy atom. The Morgan fingerprint density at radius 2 is 0.766 bits per heavy atom. The standard InChI is InChI=1S/C61H39NS2/c1-2-13-43(14-3-1)61(55-21-8-4-15-49(55)50-16-5-9-22-56(50)61)44-30-36-47(37-31-44)62(45-32-25-40(26-33-45)42-29-38-59-54(39-42)52-18-7-10-23-57(52)63-59)46-34-27-41(28-35-46)48-19-12-20-53-51-17-6-11-24-58(51)64-60(48)53/h1-39H. The molecule has 2 aromatic heterocycles. The van der Waals surface area contributed by atoms with Crippen LogP contribution in [0.1, 0.15) is 22.3 Å². The highest BCUT2D eigenvalue weighted by atomic mass is 32.1. The summed E-state index contributed by atoms with van der Waals surface area (Å²) < 4.78 is 5.30. The van der Waals surface area contributed by atoms with E-state index in [0.717, 1.165) is 17.1 Å². The maximum absolute atomic E-state index is 2.40. The highest BCUT2D eigenvalue weighted by Gasteiger charge is 2.45. The monoisotopic (exact) mass is 849 g/mol. The van der Waals surface area contributed by atoms with E-state index in [4.69, 9.17) is 0 Å². The van der Waals surface area contributed by atoms with Gasteiger partial charge in [-0.1, -0.05) is 176 Å². The minimum atomic E-state index is -0.455. The predicted octanol–water partition coefficient (Wildman–Crippen LogP) is 17.6. The molecular weight excluding hydrogens is 811 g/mol. The van der Waals surface area contributed by atoms with Crippen LogP contribution in [0.4, 0.5) is 17.1 Å². The molecule has 0 spiro atoms. The number of anilines is 3. The molecule has 0 saturated heterocycles. The van der Waals surface area contributed by atoms with Gasteiger partial charge >= 0.3 is 0 Å². The van der Waals surface area contributed by atoms with E-state index in [1.165, 1.54) is 96.0 Å². The quantitative estimate of drug-likeness (QED) is 0.154. The minimum Gasteiger partial charge on any atom is -0.311 e. The first-order valence-corrected chi connectivity index (χ1v) is 23.5. The number of nitrogens with zero attached hydrogens (tertiary/aromatic N) is 1. The fraction of sp³-hybridized carbons (Fsp3) is 0.0164. The van der Waals surface area contributed by atoms with Crippen LogP contribution in [-0.4, -0.2) is 0 Å². The van der Waals surface area contributed by atoms with Crippen LogP contribution in [0.25, 0.3) is 73.7 Å². The smallest absolute Gasteiger partial charge is 0.0713 e. The molecule has 0 amide bonds. The van der Waals surface area contributed by atoms with Gasteiger partial charge in [0.15, 0.2) is 0 Å². The summed E-state index contributed by atoms with van der Waals surface area (Å²) >= 11 is 3.74. The molecule has 0 bridgehead atoms. The van der Waals surface area contributed by atoms with Crippen molar-refractivity contribution in [1.29, 1.82) is 0 Å². The summed E-state index contributed by atoms with van der Waals surface area (Å²) in [5.41, 5.74) is 15.5. The van der Waals surface area contributed by atoms with E-state index in [2.05, 4.69) is 241 Å². The molecule has 0 unspecified atom stereocenters. The van der Waals surface area contributed by atoms with Crippen LogP contribution in [0.15, 0.2) is 237 Å². The lowest BCUT2D eigenvalue weighted by Gasteiger charge is -2.34. The number of hydrogen-bond acceptors (Lipinski definition) is 3. The highest BCUT2D eigenvalue weighted by molar-refractivity contribution is 7.26. The lowest BCUT2D eigenvalue weighted by atomic mass is 9.68. The summed E-state index contributed by atoms with van der Waals surface area (Å²) in [5.74, 6) is 0. The van der Waals surface area contributed by atoms with Crippen LogP contribution >= 0.6 is 22.7 Å². The molecule has 1 aliphatic carbocycles. The summed E-state index contributed by atoms with van der Waals surface area (Å²) in [6.07, 6.45) is 0. The van der Waals surface area contributed by atoms with Crippen LogP contribution in [0.5, 0.6) is 0 Å². The number of fused-ring (bicyclic) bond motifs is 9. The number of thiophene rings is 2. The molecule has 1 aliphatic rings. The molecule has 64 heavy (non-hydrogen) atoms. The minimum absolute atomic E-state index is 0.455. The Bertz CT molecular complexity index is 3660. The molecule has 0 radical (unpaired) electrons. The van der Waals surface area contributed by atoms with Gasteiger partial charge in [-0.25, -0.2) is 0 Å². The van der Waals surface area contributed by atoms with E-state index < -0.39 is 5.41 Å². The van der Waals surface area contributed by atoms with Crippen molar-refractivity contribution in [2.45, 2.75) is 5.41 Å². The van der Waals surface area contributed by atoms with Crippen LogP contribution in [0.2, 0.25) is 0 Å². The third kappa shape index (κ3) is 5.68. The molecule has 3 heteroatoms. The predicted molar refractivity (Wildman–Crippen MR) is 275 cm³/mol. The summed E-state index contributed by atoms with van der Waals surface area (Å²) in [6.45, 7) is 0. The molecular formula is C61H39NS2. The van der Waals surface area contributed by atoms with E-state index in [1.807, 2.05) is 22.7 Å². The molecule has 1 nitrogen and oxygen atoms in total. The van der Waals surface area contributed by atoms with Gasteiger partial charge in [-0.3, -0.25) is 0 Å². The normalized spacial score (nSPS) is 12.8. The first-order chi connectivity index (χ1) is 31.7. The van der Waals surface area contributed by atoms with Gasteiger partial charge in [-0.05, 0) is 116 Å². The van der Waals surface area contributed by atoms with Crippen LogP contribution in [0, 0.1) is 0 Å². The van der Waals surface area contributed by atoms with Crippen molar-refractivity contribution in [2.75, 3.05) is 4.90 Å². The SMILES string of the molecule is c1ccc(C2(c3ccc(N(c4ccc(-c5ccc6sc7ccccc7c6c5)cc4)c4ccc(-c5cccc6c5sc5ccccc56)cc4)cc3)c3ccccc3-c3ccccc32)cc1. The number of benzene rings is 10. The zero-order valence-electron chi connectivity index (χ0n) is 34.8. The third-order valence-electron chi connectivity index (χ3n) is 13.4. The lowest BCUT2D eigenvalue weighted by Crippen LogP contribution is -2.28. The molecule has 0 saturated carbocycles. The topological polar surface area (TPSA) is 3.24 Å². The van der Waals surface area contributed by atoms with Gasteiger partial charge in [0.2, 0.25) is 0 Å². The fourth-order valence-electron chi connectivity index (χ4n) is 10.5. The molecule has 300 valence electrons. The molecule has 0 N–H and O–H groups in total. The molecule has 0 aliphatic heterocycles. The highest BCUT2D eigenvalue weighted by Crippen LogP contribution is 2.56. The zero-order valence-corrected chi connectivity index (χ0v) is 36.4. The maximum Gasteiger partial charge on any atom is 0.0713 e. The van der Waals surface area contributed by atoms with Gasteiger partial charge in [-0.2, -0.15) is 0 Å².